The number of aromatic nitrogens is 1. The Kier molecular flexibility index (Phi) is 5.99. The Morgan fingerprint density at radius 2 is 1.24 bits per heavy atom. The molecular weight excluding hydrogens is 402 g/mol. The van der Waals surface area contributed by atoms with Crippen molar-refractivity contribution in [3.8, 4) is 0 Å². The second-order valence-corrected chi connectivity index (χ2v) is 11.2. The Balaban J connectivity index is 3.14. The number of nitrogens with zero attached hydrogens (tertiary/aromatic N) is 1. The number of pyridine rings is 1. The van der Waals surface area contributed by atoms with E-state index in [0.717, 1.165) is 34.1 Å². The minimum absolute atomic E-state index is 0.227. The van der Waals surface area contributed by atoms with Gasteiger partial charge >= 0.3 is 23.9 Å². The van der Waals surface area contributed by atoms with Crippen LogP contribution in [0.3, 0.4) is 0 Å². The minimum atomic E-state index is -6.13. The van der Waals surface area contributed by atoms with Gasteiger partial charge in [0.2, 0.25) is 9.42 Å². The maximum Gasteiger partial charge on any atom is 0.320 e. The molecule has 1 aromatic heterocycles. The lowest BCUT2D eigenvalue weighted by molar-refractivity contribution is -0.150. The van der Waals surface area contributed by atoms with Gasteiger partial charge in [-0.05, 0) is 25.0 Å². The molecular formula is C19H27NO8S. The highest BCUT2D eigenvalue weighted by Crippen LogP contribution is 3.00. The highest BCUT2D eigenvalue weighted by Gasteiger charge is 2.79. The van der Waals surface area contributed by atoms with Crippen LogP contribution in [0.15, 0.2) is 29.4 Å². The zero-order chi connectivity index (χ0) is 21.8. The molecule has 1 aromatic rings. The number of rotatable bonds is 6. The van der Waals surface area contributed by atoms with Crippen LogP contribution in [0.1, 0.15) is 59.8 Å². The second-order valence-electron chi connectivity index (χ2n) is 6.97. The Bertz CT molecular complexity index is 752. The summed E-state index contributed by atoms with van der Waals surface area (Å²) in [5, 5.41) is -1.16. The van der Waals surface area contributed by atoms with Crippen LogP contribution in [0.2, 0.25) is 0 Å². The van der Waals surface area contributed by atoms with Crippen molar-refractivity contribution >= 4 is 33.3 Å². The van der Waals surface area contributed by atoms with Crippen LogP contribution < -0.4 is 0 Å². The van der Waals surface area contributed by atoms with E-state index in [9.17, 15) is 19.2 Å². The van der Waals surface area contributed by atoms with Crippen LogP contribution in [0.4, 0.5) is 0 Å². The van der Waals surface area contributed by atoms with Gasteiger partial charge in [-0.3, -0.25) is 19.2 Å². The van der Waals surface area contributed by atoms with Gasteiger partial charge in [0.15, 0.2) is 5.03 Å². The molecule has 2 rings (SSSR count). The summed E-state index contributed by atoms with van der Waals surface area (Å²) >= 11 is 0. The van der Waals surface area contributed by atoms with Crippen LogP contribution in [0.25, 0.3) is 0 Å². The van der Waals surface area contributed by atoms with E-state index in [1.165, 1.54) is 18.3 Å². The molecule has 0 spiro atoms. The summed E-state index contributed by atoms with van der Waals surface area (Å²) in [6.07, 6.45) is 4.16. The first-order valence-corrected chi connectivity index (χ1v) is 11.5. The predicted octanol–water partition coefficient (Wildman–Crippen LogP) is 3.56. The predicted molar refractivity (Wildman–Crippen MR) is 104 cm³/mol. The zero-order valence-electron chi connectivity index (χ0n) is 17.0. The molecule has 0 aliphatic heterocycles. The standard InChI is InChI=1S/C19H27NO8S/c1-14(21)25-29(26-15(2)22,27-16(3)23,28-17(4)24,18-10-6-5-7-11-18)19-12-8-9-13-20-19/h8-9,12-13,18H,5-7,10-11H2,1-4H3. The topological polar surface area (TPSA) is 118 Å². The molecule has 0 aromatic carbocycles. The first-order chi connectivity index (χ1) is 13.5. The van der Waals surface area contributed by atoms with Crippen LogP contribution in [-0.4, -0.2) is 34.1 Å². The second kappa shape index (κ2) is 7.66. The van der Waals surface area contributed by atoms with Gasteiger partial charge in [-0.15, -0.1) is 0 Å². The van der Waals surface area contributed by atoms with Crippen molar-refractivity contribution in [2.24, 2.45) is 0 Å². The van der Waals surface area contributed by atoms with Gasteiger partial charge in [0, 0.05) is 33.9 Å². The van der Waals surface area contributed by atoms with Gasteiger partial charge in [0.25, 0.3) is 0 Å². The molecule has 0 unspecified atom stereocenters. The number of carbonyl (C=O) groups excluding carboxylic acids is 4. The molecule has 162 valence electrons. The molecule has 0 amide bonds. The molecule has 0 radical (unpaired) electrons. The summed E-state index contributed by atoms with van der Waals surface area (Å²) in [5.41, 5.74) is 0. The van der Waals surface area contributed by atoms with Crippen molar-refractivity contribution in [3.63, 3.8) is 0 Å². The molecule has 1 fully saturated rings. The summed E-state index contributed by atoms with van der Waals surface area (Å²) in [7, 11) is -6.13. The van der Waals surface area contributed by atoms with Gasteiger partial charge in [-0.1, -0.05) is 25.3 Å². The fourth-order valence-electron chi connectivity index (χ4n) is 3.98. The van der Waals surface area contributed by atoms with Crippen molar-refractivity contribution in [3.05, 3.63) is 24.4 Å². The van der Waals surface area contributed by atoms with E-state index < -0.39 is 38.5 Å². The average Bonchev–Trinajstić information content (AvgIpc) is 2.61. The average molecular weight is 429 g/mol. The Labute approximate surface area is 169 Å². The van der Waals surface area contributed by atoms with E-state index in [1.807, 2.05) is 0 Å². The fraction of sp³-hybridized carbons (Fsp3) is 0.526. The first-order valence-electron chi connectivity index (χ1n) is 9.33. The third kappa shape index (κ3) is 3.68. The molecule has 0 bridgehead atoms. The van der Waals surface area contributed by atoms with Crippen molar-refractivity contribution in [2.75, 3.05) is 0 Å². The molecule has 0 saturated heterocycles. The Morgan fingerprint density at radius 1 is 0.793 bits per heavy atom. The lowest BCUT2D eigenvalue weighted by Crippen LogP contribution is -2.57. The van der Waals surface area contributed by atoms with E-state index in [-0.39, 0.29) is 5.03 Å². The molecule has 1 heterocycles. The molecule has 1 aliphatic carbocycles. The maximum absolute atomic E-state index is 12.4. The van der Waals surface area contributed by atoms with Crippen LogP contribution in [-0.2, 0) is 35.9 Å². The van der Waals surface area contributed by atoms with Gasteiger partial charge in [-0.25, -0.2) is 4.98 Å². The SMILES string of the molecule is CC(=O)OS(OC(C)=O)(OC(C)=O)(OC(C)=O)(c1ccccn1)C1CCCCC1. The van der Waals surface area contributed by atoms with Crippen LogP contribution >= 0.6 is 9.42 Å². The number of hydrogen-bond acceptors (Lipinski definition) is 9. The third-order valence-corrected chi connectivity index (χ3v) is 10.1. The highest BCUT2D eigenvalue weighted by atomic mass is 32.4. The van der Waals surface area contributed by atoms with Crippen molar-refractivity contribution in [1.29, 1.82) is 0 Å². The summed E-state index contributed by atoms with van der Waals surface area (Å²) < 4.78 is 23.0. The van der Waals surface area contributed by atoms with Gasteiger partial charge < -0.3 is 16.7 Å². The molecule has 9 nitrogen and oxygen atoms in total. The van der Waals surface area contributed by atoms with Gasteiger partial charge in [-0.2, -0.15) is 0 Å². The van der Waals surface area contributed by atoms with E-state index in [4.69, 9.17) is 16.7 Å². The monoisotopic (exact) mass is 429 g/mol. The van der Waals surface area contributed by atoms with Gasteiger partial charge in [0.1, 0.15) is 0 Å². The molecule has 29 heavy (non-hydrogen) atoms. The third-order valence-electron chi connectivity index (χ3n) is 4.60. The first kappa shape index (κ1) is 22.7. The Hall–Kier alpha value is -2.62. The summed E-state index contributed by atoms with van der Waals surface area (Å²) in [5.74, 6) is -3.81. The molecule has 1 aliphatic rings. The van der Waals surface area contributed by atoms with Crippen LogP contribution in [0, 0.1) is 0 Å². The largest absolute Gasteiger partial charge is 0.344 e. The van der Waals surface area contributed by atoms with Crippen LogP contribution in [0.5, 0.6) is 0 Å². The maximum atomic E-state index is 12.4. The van der Waals surface area contributed by atoms with E-state index in [2.05, 4.69) is 4.98 Å². The lowest BCUT2D eigenvalue weighted by Gasteiger charge is -2.74. The van der Waals surface area contributed by atoms with Crippen molar-refractivity contribution in [2.45, 2.75) is 70.1 Å². The highest BCUT2D eigenvalue weighted by molar-refractivity contribution is 8.52. The van der Waals surface area contributed by atoms with E-state index in [1.54, 1.807) is 6.07 Å². The van der Waals surface area contributed by atoms with Crippen molar-refractivity contribution < 1.29 is 35.9 Å². The number of hydrogen-bond donors (Lipinski definition) is 0. The minimum Gasteiger partial charge on any atom is -0.344 e. The quantitative estimate of drug-likeness (QED) is 0.668. The van der Waals surface area contributed by atoms with Crippen molar-refractivity contribution in [1.82, 2.24) is 4.98 Å². The summed E-state index contributed by atoms with van der Waals surface area (Å²) in [6.45, 7) is 4.23. The lowest BCUT2D eigenvalue weighted by atomic mass is 10.0. The molecule has 1 saturated carbocycles. The summed E-state index contributed by atoms with van der Waals surface area (Å²) in [6, 6.07) is 4.48. The van der Waals surface area contributed by atoms with Gasteiger partial charge in [0.05, 0.1) is 5.25 Å². The summed E-state index contributed by atoms with van der Waals surface area (Å²) in [4.78, 5) is 54.0. The zero-order valence-corrected chi connectivity index (χ0v) is 17.9. The van der Waals surface area contributed by atoms with E-state index in [0.29, 0.717) is 25.7 Å². The molecule has 10 heteroatoms. The normalized spacial score (nSPS) is 17.2. The number of carbonyl (C=O) groups is 4. The smallest absolute Gasteiger partial charge is 0.320 e. The van der Waals surface area contributed by atoms with E-state index >= 15 is 0 Å². The molecule has 0 atom stereocenters. The fourth-order valence-corrected chi connectivity index (χ4v) is 9.58. The Morgan fingerprint density at radius 3 is 1.59 bits per heavy atom. The molecule has 0 N–H and O–H groups in total.